The molecule has 12 heavy (non-hydrogen) atoms. The van der Waals surface area contributed by atoms with Crippen LogP contribution in [-0.2, 0) is 25.8 Å². The Balaban J connectivity index is -0.0000000213. The van der Waals surface area contributed by atoms with E-state index in [4.69, 9.17) is 0 Å². The van der Waals surface area contributed by atoms with Crippen LogP contribution in [0.25, 0.3) is 0 Å². The third-order valence-corrected chi connectivity index (χ3v) is 0.586. The normalized spacial score (nSPS) is 8.33. The van der Waals surface area contributed by atoms with Gasteiger partial charge in [0.2, 0.25) is 0 Å². The molecule has 0 aromatic rings. The SMILES string of the molecule is [C-]1=CC=CC1.[CH2-]C.[CH2-]C.[Cl-].[Cl-].[Hf]. The molecule has 0 aromatic heterocycles. The average Bonchev–Trinajstić information content (AvgIpc) is 2.51. The van der Waals surface area contributed by atoms with Crippen molar-refractivity contribution in [1.82, 2.24) is 0 Å². The van der Waals surface area contributed by atoms with Crippen LogP contribution in [0.3, 0.4) is 0 Å². The molecule has 0 saturated heterocycles. The number of allylic oxidation sites excluding steroid dienone is 4. The number of rotatable bonds is 0. The minimum absolute atomic E-state index is 0. The van der Waals surface area contributed by atoms with E-state index in [0.717, 1.165) is 6.42 Å². The molecule has 1 aliphatic carbocycles. The molecule has 0 unspecified atom stereocenters. The summed E-state index contributed by atoms with van der Waals surface area (Å²) in [6.45, 7) is 10.0. The predicted octanol–water partition coefficient (Wildman–Crippen LogP) is -3.01. The molecule has 0 aromatic carbocycles. The van der Waals surface area contributed by atoms with E-state index in [1.807, 2.05) is 12.2 Å². The van der Waals surface area contributed by atoms with Gasteiger partial charge in [0, 0.05) is 25.8 Å². The van der Waals surface area contributed by atoms with Gasteiger partial charge in [0.15, 0.2) is 0 Å². The van der Waals surface area contributed by atoms with Gasteiger partial charge in [-0.25, -0.2) is 12.2 Å². The third-order valence-electron chi connectivity index (χ3n) is 0.586. The molecule has 0 atom stereocenters. The minimum atomic E-state index is 0. The van der Waals surface area contributed by atoms with Crippen LogP contribution < -0.4 is 24.8 Å². The Morgan fingerprint density at radius 3 is 1.58 bits per heavy atom. The summed E-state index contributed by atoms with van der Waals surface area (Å²) in [7, 11) is 0. The van der Waals surface area contributed by atoms with Crippen LogP contribution in [-0.4, -0.2) is 0 Å². The molecule has 74 valence electrons. The monoisotopic (exact) mass is 373 g/mol. The topological polar surface area (TPSA) is 0 Å². The van der Waals surface area contributed by atoms with Crippen molar-refractivity contribution in [3.63, 3.8) is 0 Å². The molecule has 3 heteroatoms. The van der Waals surface area contributed by atoms with E-state index in [9.17, 15) is 0 Å². The Hall–Kier alpha value is 0.930. The first kappa shape index (κ1) is 29.3. The molecular weight excluding hydrogens is 357 g/mol. The quantitative estimate of drug-likeness (QED) is 0.314. The van der Waals surface area contributed by atoms with Crippen LogP contribution in [0, 0.1) is 19.9 Å². The largest absolute Gasteiger partial charge is 1.00 e. The Labute approximate surface area is 108 Å². The number of hydrogen-bond acceptors (Lipinski definition) is 0. The van der Waals surface area contributed by atoms with Crippen LogP contribution in [0.2, 0.25) is 0 Å². The minimum Gasteiger partial charge on any atom is -1.00 e. The summed E-state index contributed by atoms with van der Waals surface area (Å²) in [5.41, 5.74) is 0. The Kier molecular flexibility index (Phi) is 98.8. The Morgan fingerprint density at radius 2 is 1.50 bits per heavy atom. The smallest absolute Gasteiger partial charge is 0 e. The second-order valence-corrected chi connectivity index (χ2v) is 1.00. The summed E-state index contributed by atoms with van der Waals surface area (Å²) < 4.78 is 0. The Morgan fingerprint density at radius 1 is 1.08 bits per heavy atom. The molecule has 0 saturated carbocycles. The van der Waals surface area contributed by atoms with Gasteiger partial charge >= 0.3 is 0 Å². The molecule has 1 aliphatic rings. The summed E-state index contributed by atoms with van der Waals surface area (Å²) in [4.78, 5) is 0. The zero-order valence-corrected chi connectivity index (χ0v) is 12.7. The van der Waals surface area contributed by atoms with Gasteiger partial charge in [-0.05, 0) is 0 Å². The standard InChI is InChI=1S/C5H5.2C2H5.2ClH.Hf/c1-2-4-5-3-1;2*1-2;;;/h1-3H,4H2;2*1H2,2H3;2*1H;/q3*-1;;;/p-2. The van der Waals surface area contributed by atoms with Crippen molar-refractivity contribution in [3.8, 4) is 0 Å². The zero-order valence-electron chi connectivity index (χ0n) is 7.61. The first-order valence-electron chi connectivity index (χ1n) is 3.13. The number of halogens is 2. The summed E-state index contributed by atoms with van der Waals surface area (Å²) in [5.74, 6) is 0. The van der Waals surface area contributed by atoms with Crippen molar-refractivity contribution >= 4 is 0 Å². The van der Waals surface area contributed by atoms with Gasteiger partial charge in [0.1, 0.15) is 0 Å². The van der Waals surface area contributed by atoms with E-state index >= 15 is 0 Å². The molecule has 0 aliphatic heterocycles. The summed E-state index contributed by atoms with van der Waals surface area (Å²) in [6, 6.07) is 0. The van der Waals surface area contributed by atoms with Crippen molar-refractivity contribution in [1.29, 1.82) is 0 Å². The molecule has 0 fully saturated rings. The molecule has 0 heterocycles. The fourth-order valence-electron chi connectivity index (χ4n) is 0.340. The molecule has 0 spiro atoms. The van der Waals surface area contributed by atoms with Gasteiger partial charge in [-0.2, -0.15) is 19.9 Å². The van der Waals surface area contributed by atoms with Crippen molar-refractivity contribution in [2.75, 3.05) is 0 Å². The van der Waals surface area contributed by atoms with Gasteiger partial charge in [0.25, 0.3) is 0 Å². The van der Waals surface area contributed by atoms with Gasteiger partial charge in [0.05, 0.1) is 0 Å². The first-order chi connectivity index (χ1) is 4.50. The molecule has 0 bridgehead atoms. The fraction of sp³-hybridized carbons (Fsp3) is 0.333. The molecule has 1 rings (SSSR count). The molecule has 0 N–H and O–H groups in total. The van der Waals surface area contributed by atoms with Crippen LogP contribution in [0.4, 0.5) is 0 Å². The second-order valence-electron chi connectivity index (χ2n) is 1.00. The summed E-state index contributed by atoms with van der Waals surface area (Å²) in [6.07, 6.45) is 10.0. The fourth-order valence-corrected chi connectivity index (χ4v) is 0.340. The maximum atomic E-state index is 3.25. The molecule has 0 radical (unpaired) electrons. The van der Waals surface area contributed by atoms with Crippen LogP contribution in [0.1, 0.15) is 20.3 Å². The molecule has 0 amide bonds. The van der Waals surface area contributed by atoms with Crippen molar-refractivity contribution in [2.24, 2.45) is 0 Å². The van der Waals surface area contributed by atoms with Gasteiger partial charge < -0.3 is 38.7 Å². The molecular formula is C9H15Cl2Hf-5. The first-order valence-corrected chi connectivity index (χ1v) is 3.13. The van der Waals surface area contributed by atoms with E-state index in [1.54, 1.807) is 13.8 Å². The van der Waals surface area contributed by atoms with Crippen molar-refractivity contribution in [2.45, 2.75) is 20.3 Å². The van der Waals surface area contributed by atoms with Crippen molar-refractivity contribution < 1.29 is 50.7 Å². The third kappa shape index (κ3) is 30.6. The maximum absolute atomic E-state index is 3.25. The van der Waals surface area contributed by atoms with Crippen LogP contribution in [0.15, 0.2) is 18.2 Å². The second kappa shape index (κ2) is 40.5. The van der Waals surface area contributed by atoms with E-state index in [0.29, 0.717) is 0 Å². The predicted molar refractivity (Wildman–Crippen MR) is 43.6 cm³/mol. The van der Waals surface area contributed by atoms with Crippen LogP contribution >= 0.6 is 0 Å². The van der Waals surface area contributed by atoms with E-state index in [1.165, 1.54) is 0 Å². The van der Waals surface area contributed by atoms with E-state index < -0.39 is 0 Å². The van der Waals surface area contributed by atoms with Crippen LogP contribution in [0.5, 0.6) is 0 Å². The maximum Gasteiger partial charge on any atom is 0 e. The Bertz CT molecular complexity index is 70.6. The van der Waals surface area contributed by atoms with Gasteiger partial charge in [-0.15, -0.1) is 6.42 Å². The van der Waals surface area contributed by atoms with E-state index in [-0.39, 0.29) is 50.7 Å². The number of hydrogen-bond donors (Lipinski definition) is 0. The zero-order chi connectivity index (χ0) is 7.54. The molecule has 0 nitrogen and oxygen atoms in total. The van der Waals surface area contributed by atoms with Gasteiger partial charge in [-0.1, -0.05) is 0 Å². The van der Waals surface area contributed by atoms with Gasteiger partial charge in [-0.3, -0.25) is 6.08 Å². The van der Waals surface area contributed by atoms with Crippen molar-refractivity contribution in [3.05, 3.63) is 38.2 Å². The summed E-state index contributed by atoms with van der Waals surface area (Å²) in [5, 5.41) is 0. The average molecular weight is 373 g/mol. The van der Waals surface area contributed by atoms with E-state index in [2.05, 4.69) is 26.0 Å². The summed E-state index contributed by atoms with van der Waals surface area (Å²) >= 11 is 0.